The van der Waals surface area contributed by atoms with E-state index >= 15 is 0 Å². The molecule has 26 heavy (non-hydrogen) atoms. The predicted molar refractivity (Wildman–Crippen MR) is 101 cm³/mol. The minimum Gasteiger partial charge on any atom is -0.343 e. The molecule has 142 valence electrons. The third kappa shape index (κ3) is 4.04. The molecule has 7 heteroatoms. The maximum absolute atomic E-state index is 13.8. The lowest BCUT2D eigenvalue weighted by atomic mass is 9.79. The molecule has 0 bridgehead atoms. The van der Waals surface area contributed by atoms with Gasteiger partial charge in [0.1, 0.15) is 11.9 Å². The standard InChI is InChI=1S/C19H26FN3O2S/c1-19(2)11-23(8-7-16(19)21)18(25)14-10-26-15(17(24)22-14)9-12-5-3-4-6-13(12)20/h3-6,14-16H,7-11,21H2,1-2H3,(H,22,24). The molecule has 0 aromatic heterocycles. The predicted octanol–water partition coefficient (Wildman–Crippen LogP) is 1.55. The van der Waals surface area contributed by atoms with Crippen LogP contribution in [-0.2, 0) is 16.0 Å². The Hall–Kier alpha value is -1.60. The van der Waals surface area contributed by atoms with Gasteiger partial charge in [-0.05, 0) is 29.9 Å². The van der Waals surface area contributed by atoms with E-state index in [4.69, 9.17) is 5.73 Å². The van der Waals surface area contributed by atoms with Crippen LogP contribution < -0.4 is 11.1 Å². The third-order valence-electron chi connectivity index (χ3n) is 5.36. The van der Waals surface area contributed by atoms with Crippen LogP contribution in [0.4, 0.5) is 4.39 Å². The summed E-state index contributed by atoms with van der Waals surface area (Å²) < 4.78 is 13.8. The van der Waals surface area contributed by atoms with E-state index in [0.29, 0.717) is 30.8 Å². The fraction of sp³-hybridized carbons (Fsp3) is 0.579. The molecule has 3 N–H and O–H groups in total. The summed E-state index contributed by atoms with van der Waals surface area (Å²) in [6.07, 6.45) is 1.10. The van der Waals surface area contributed by atoms with Crippen LogP contribution >= 0.6 is 11.8 Å². The number of nitrogens with zero attached hydrogens (tertiary/aromatic N) is 1. The lowest BCUT2D eigenvalue weighted by Crippen LogP contribution is -2.60. The molecule has 2 aliphatic rings. The van der Waals surface area contributed by atoms with E-state index in [1.165, 1.54) is 17.8 Å². The first-order valence-corrected chi connectivity index (χ1v) is 10.0. The number of carbonyl (C=O) groups excluding carboxylic acids is 2. The number of nitrogens with one attached hydrogen (secondary N) is 1. The first kappa shape index (κ1) is 19.2. The smallest absolute Gasteiger partial charge is 0.246 e. The molecule has 0 aliphatic carbocycles. The van der Waals surface area contributed by atoms with Crippen LogP contribution in [0, 0.1) is 11.2 Å². The molecule has 2 aliphatic heterocycles. The van der Waals surface area contributed by atoms with Crippen molar-refractivity contribution in [1.82, 2.24) is 10.2 Å². The number of piperidine rings is 1. The van der Waals surface area contributed by atoms with E-state index in [0.717, 1.165) is 6.42 Å². The van der Waals surface area contributed by atoms with Crippen molar-refractivity contribution in [3.63, 3.8) is 0 Å². The summed E-state index contributed by atoms with van der Waals surface area (Å²) in [5, 5.41) is 2.46. The highest BCUT2D eigenvalue weighted by atomic mass is 32.2. The van der Waals surface area contributed by atoms with Gasteiger partial charge in [-0.1, -0.05) is 32.0 Å². The maximum Gasteiger partial charge on any atom is 0.246 e. The number of hydrogen-bond donors (Lipinski definition) is 2. The fourth-order valence-corrected chi connectivity index (χ4v) is 4.69. The summed E-state index contributed by atoms with van der Waals surface area (Å²) in [5.41, 5.74) is 6.53. The molecule has 2 saturated heterocycles. The topological polar surface area (TPSA) is 75.4 Å². The van der Waals surface area contributed by atoms with Crippen molar-refractivity contribution in [3.05, 3.63) is 35.6 Å². The summed E-state index contributed by atoms with van der Waals surface area (Å²) in [5.74, 6) is -0.0378. The van der Waals surface area contributed by atoms with Crippen molar-refractivity contribution >= 4 is 23.6 Å². The fourth-order valence-electron chi connectivity index (χ4n) is 3.53. The summed E-state index contributed by atoms with van der Waals surface area (Å²) in [6, 6.07) is 6.04. The van der Waals surface area contributed by atoms with Gasteiger partial charge in [-0.3, -0.25) is 9.59 Å². The van der Waals surface area contributed by atoms with Crippen molar-refractivity contribution in [1.29, 1.82) is 0 Å². The minimum absolute atomic E-state index is 0.0461. The van der Waals surface area contributed by atoms with Crippen molar-refractivity contribution in [2.24, 2.45) is 11.1 Å². The molecule has 1 aromatic carbocycles. The van der Waals surface area contributed by atoms with Gasteiger partial charge in [0.05, 0.1) is 5.25 Å². The van der Waals surface area contributed by atoms with E-state index in [2.05, 4.69) is 19.2 Å². The second kappa shape index (κ2) is 7.56. The molecular weight excluding hydrogens is 353 g/mol. The van der Waals surface area contributed by atoms with E-state index in [9.17, 15) is 14.0 Å². The highest BCUT2D eigenvalue weighted by Gasteiger charge is 2.39. The van der Waals surface area contributed by atoms with Crippen LogP contribution in [0.15, 0.2) is 24.3 Å². The first-order valence-electron chi connectivity index (χ1n) is 8.97. The van der Waals surface area contributed by atoms with Crippen molar-refractivity contribution in [2.45, 2.75) is 44.0 Å². The largest absolute Gasteiger partial charge is 0.343 e. The van der Waals surface area contributed by atoms with Crippen LogP contribution in [-0.4, -0.2) is 52.9 Å². The first-order chi connectivity index (χ1) is 12.3. The number of hydrogen-bond acceptors (Lipinski definition) is 4. The van der Waals surface area contributed by atoms with Crippen LogP contribution in [0.1, 0.15) is 25.8 Å². The number of nitrogens with two attached hydrogens (primary N) is 1. The SMILES string of the molecule is CC1(C)CN(C(=O)C2CSC(Cc3ccccc3F)C(=O)N2)CCC1N. The van der Waals surface area contributed by atoms with Crippen molar-refractivity contribution < 1.29 is 14.0 Å². The summed E-state index contributed by atoms with van der Waals surface area (Å²) in [6.45, 7) is 5.35. The van der Waals surface area contributed by atoms with Gasteiger partial charge >= 0.3 is 0 Å². The number of carbonyl (C=O) groups is 2. The third-order valence-corrected chi connectivity index (χ3v) is 6.67. The van der Waals surface area contributed by atoms with Crippen LogP contribution in [0.25, 0.3) is 0 Å². The number of halogens is 1. The molecular formula is C19H26FN3O2S. The quantitative estimate of drug-likeness (QED) is 0.836. The maximum atomic E-state index is 13.8. The van der Waals surface area contributed by atoms with E-state index < -0.39 is 6.04 Å². The van der Waals surface area contributed by atoms with Gasteiger partial charge in [-0.2, -0.15) is 0 Å². The van der Waals surface area contributed by atoms with Crippen LogP contribution in [0.3, 0.4) is 0 Å². The van der Waals surface area contributed by atoms with Gasteiger partial charge in [-0.25, -0.2) is 4.39 Å². The Morgan fingerprint density at radius 1 is 1.42 bits per heavy atom. The Bertz CT molecular complexity index is 697. The molecule has 2 heterocycles. The lowest BCUT2D eigenvalue weighted by molar-refractivity contribution is -0.138. The lowest BCUT2D eigenvalue weighted by Gasteiger charge is -2.44. The number of thioether (sulfide) groups is 1. The van der Waals surface area contributed by atoms with E-state index in [1.807, 2.05) is 4.90 Å². The zero-order valence-electron chi connectivity index (χ0n) is 15.2. The normalized spacial score (nSPS) is 28.5. The second-order valence-electron chi connectivity index (χ2n) is 7.82. The molecule has 2 amide bonds. The molecule has 3 unspecified atom stereocenters. The van der Waals surface area contributed by atoms with Crippen molar-refractivity contribution in [2.75, 3.05) is 18.8 Å². The summed E-state index contributed by atoms with van der Waals surface area (Å²) in [7, 11) is 0. The van der Waals surface area contributed by atoms with Gasteiger partial charge in [0.15, 0.2) is 0 Å². The Kier molecular flexibility index (Phi) is 5.58. The van der Waals surface area contributed by atoms with Gasteiger partial charge in [0.25, 0.3) is 0 Å². The van der Waals surface area contributed by atoms with Gasteiger partial charge in [0.2, 0.25) is 11.8 Å². The molecule has 0 radical (unpaired) electrons. The zero-order chi connectivity index (χ0) is 18.9. The molecule has 2 fully saturated rings. The Labute approximate surface area is 157 Å². The number of likely N-dealkylation sites (tertiary alicyclic amines) is 1. The zero-order valence-corrected chi connectivity index (χ0v) is 16.0. The van der Waals surface area contributed by atoms with Gasteiger partial charge in [0, 0.05) is 24.9 Å². The highest BCUT2D eigenvalue weighted by Crippen LogP contribution is 2.29. The Morgan fingerprint density at radius 2 is 2.15 bits per heavy atom. The molecule has 1 aromatic rings. The van der Waals surface area contributed by atoms with Gasteiger partial charge in [-0.15, -0.1) is 11.8 Å². The average Bonchev–Trinajstić information content (AvgIpc) is 2.60. The molecule has 3 atom stereocenters. The number of rotatable bonds is 3. The van der Waals surface area contributed by atoms with Gasteiger partial charge < -0.3 is 16.0 Å². The monoisotopic (exact) mass is 379 g/mol. The Balaban J connectivity index is 1.59. The van der Waals surface area contributed by atoms with Crippen LogP contribution in [0.5, 0.6) is 0 Å². The molecule has 0 saturated carbocycles. The molecule has 5 nitrogen and oxygen atoms in total. The number of amides is 2. The van der Waals surface area contributed by atoms with E-state index in [-0.39, 0.29) is 34.3 Å². The minimum atomic E-state index is -0.519. The van der Waals surface area contributed by atoms with Crippen LogP contribution in [0.2, 0.25) is 0 Å². The van der Waals surface area contributed by atoms with E-state index in [1.54, 1.807) is 18.2 Å². The molecule has 3 rings (SSSR count). The summed E-state index contributed by atoms with van der Waals surface area (Å²) >= 11 is 1.42. The molecule has 0 spiro atoms. The Morgan fingerprint density at radius 3 is 2.81 bits per heavy atom. The summed E-state index contributed by atoms with van der Waals surface area (Å²) in [4.78, 5) is 27.1. The highest BCUT2D eigenvalue weighted by molar-refractivity contribution is 8.00. The number of benzene rings is 1. The van der Waals surface area contributed by atoms with Crippen molar-refractivity contribution in [3.8, 4) is 0 Å². The second-order valence-corrected chi connectivity index (χ2v) is 9.06. The average molecular weight is 380 g/mol.